The fourth-order valence-electron chi connectivity index (χ4n) is 1.31. The highest BCUT2D eigenvalue weighted by atomic mass is 35.5. The molecule has 0 fully saturated rings. The molecule has 0 atom stereocenters. The quantitative estimate of drug-likeness (QED) is 0.359. The zero-order valence-electron chi connectivity index (χ0n) is 11.1. The van der Waals surface area contributed by atoms with E-state index in [1.54, 1.807) is 0 Å². The molecule has 0 saturated heterocycles. The van der Waals surface area contributed by atoms with E-state index in [-0.39, 0.29) is 16.3 Å². The van der Waals surface area contributed by atoms with Crippen molar-refractivity contribution in [2.45, 2.75) is 25.7 Å². The average Bonchev–Trinajstić information content (AvgIpc) is 2.27. The van der Waals surface area contributed by atoms with Crippen LogP contribution in [0, 0.1) is 10.1 Å². The monoisotopic (exact) mass is 301 g/mol. The molecular weight excluding hydrogens is 286 g/mol. The standard InChI is InChI=1S/C12H16ClNO4Si/c1-19(2,3)7-6-18-12(15)9-4-5-10(13)11(8-9)14(16)17/h4-5,8H,6-7H2,1-3H3. The van der Waals surface area contributed by atoms with Gasteiger partial charge in [0.05, 0.1) is 17.1 Å². The van der Waals surface area contributed by atoms with E-state index in [0.29, 0.717) is 6.61 Å². The second-order valence-corrected chi connectivity index (χ2v) is 11.4. The molecule has 0 aromatic heterocycles. The van der Waals surface area contributed by atoms with Crippen LogP contribution in [0.1, 0.15) is 10.4 Å². The van der Waals surface area contributed by atoms with Crippen LogP contribution in [-0.4, -0.2) is 25.6 Å². The molecule has 1 aromatic rings. The smallest absolute Gasteiger partial charge is 0.338 e. The van der Waals surface area contributed by atoms with Crippen LogP contribution in [0.25, 0.3) is 0 Å². The molecule has 0 heterocycles. The van der Waals surface area contributed by atoms with E-state index < -0.39 is 19.0 Å². The van der Waals surface area contributed by atoms with Crippen molar-refractivity contribution in [1.82, 2.24) is 0 Å². The largest absolute Gasteiger partial charge is 0.462 e. The molecule has 1 rings (SSSR count). The molecule has 0 N–H and O–H groups in total. The molecule has 0 radical (unpaired) electrons. The van der Waals surface area contributed by atoms with Crippen molar-refractivity contribution in [2.24, 2.45) is 0 Å². The first kappa shape index (κ1) is 15.7. The van der Waals surface area contributed by atoms with Crippen LogP contribution in [-0.2, 0) is 4.74 Å². The van der Waals surface area contributed by atoms with Gasteiger partial charge in [0.25, 0.3) is 5.69 Å². The summed E-state index contributed by atoms with van der Waals surface area (Å²) in [5.74, 6) is -0.557. The molecule has 0 aliphatic carbocycles. The summed E-state index contributed by atoms with van der Waals surface area (Å²) >= 11 is 5.67. The number of hydrogen-bond donors (Lipinski definition) is 0. The second-order valence-electron chi connectivity index (χ2n) is 5.37. The third kappa shape index (κ3) is 5.00. The summed E-state index contributed by atoms with van der Waals surface area (Å²) in [6.07, 6.45) is 0. The van der Waals surface area contributed by atoms with E-state index in [1.807, 2.05) is 0 Å². The molecule has 7 heteroatoms. The maximum Gasteiger partial charge on any atom is 0.338 e. The molecule has 1 aromatic carbocycles. The number of esters is 1. The number of rotatable bonds is 5. The lowest BCUT2D eigenvalue weighted by Crippen LogP contribution is -2.22. The minimum atomic E-state index is -1.27. The molecule has 0 aliphatic heterocycles. The Kier molecular flexibility index (Phi) is 5.08. The number of carbonyl (C=O) groups is 1. The van der Waals surface area contributed by atoms with Gasteiger partial charge in [-0.1, -0.05) is 31.2 Å². The van der Waals surface area contributed by atoms with Gasteiger partial charge in [-0.2, -0.15) is 0 Å². The summed E-state index contributed by atoms with van der Waals surface area (Å²) in [5.41, 5.74) is -0.145. The van der Waals surface area contributed by atoms with Crippen LogP contribution in [0.2, 0.25) is 30.7 Å². The molecule has 0 spiro atoms. The van der Waals surface area contributed by atoms with Gasteiger partial charge in [0.15, 0.2) is 0 Å². The van der Waals surface area contributed by atoms with Crippen molar-refractivity contribution < 1.29 is 14.5 Å². The summed E-state index contributed by atoms with van der Waals surface area (Å²) in [7, 11) is -1.27. The Morgan fingerprint density at radius 2 is 2.05 bits per heavy atom. The van der Waals surface area contributed by atoms with Crippen LogP contribution in [0.4, 0.5) is 5.69 Å². The normalized spacial score (nSPS) is 11.2. The van der Waals surface area contributed by atoms with E-state index in [4.69, 9.17) is 16.3 Å². The van der Waals surface area contributed by atoms with E-state index in [2.05, 4.69) is 19.6 Å². The van der Waals surface area contributed by atoms with Crippen LogP contribution in [0.5, 0.6) is 0 Å². The van der Waals surface area contributed by atoms with Crippen molar-refractivity contribution in [3.05, 3.63) is 38.9 Å². The number of carbonyl (C=O) groups excluding carboxylic acids is 1. The summed E-state index contributed by atoms with van der Waals surface area (Å²) in [4.78, 5) is 21.8. The van der Waals surface area contributed by atoms with Gasteiger partial charge >= 0.3 is 5.97 Å². The number of nitro benzene ring substituents is 1. The molecule has 104 valence electrons. The second kappa shape index (κ2) is 6.16. The van der Waals surface area contributed by atoms with Gasteiger partial charge in [-0.3, -0.25) is 10.1 Å². The summed E-state index contributed by atoms with van der Waals surface area (Å²) < 4.78 is 5.11. The highest BCUT2D eigenvalue weighted by molar-refractivity contribution is 6.76. The summed E-state index contributed by atoms with van der Waals surface area (Å²) in [5, 5.41) is 10.7. The fourth-order valence-corrected chi connectivity index (χ4v) is 2.21. The minimum absolute atomic E-state index is 0.00338. The average molecular weight is 302 g/mol. The predicted octanol–water partition coefficient (Wildman–Crippen LogP) is 3.74. The van der Waals surface area contributed by atoms with Gasteiger partial charge in [0.2, 0.25) is 0 Å². The van der Waals surface area contributed by atoms with Gasteiger partial charge in [-0.25, -0.2) is 4.79 Å². The fraction of sp³-hybridized carbons (Fsp3) is 0.417. The maximum absolute atomic E-state index is 11.7. The Morgan fingerprint density at radius 1 is 1.42 bits per heavy atom. The van der Waals surface area contributed by atoms with Gasteiger partial charge in [-0.15, -0.1) is 0 Å². The lowest BCUT2D eigenvalue weighted by molar-refractivity contribution is -0.384. The predicted molar refractivity (Wildman–Crippen MR) is 76.5 cm³/mol. The molecule has 0 bridgehead atoms. The van der Waals surface area contributed by atoms with E-state index in [9.17, 15) is 14.9 Å². The number of nitro groups is 1. The van der Waals surface area contributed by atoms with Crippen molar-refractivity contribution in [3.63, 3.8) is 0 Å². The zero-order valence-corrected chi connectivity index (χ0v) is 12.9. The van der Waals surface area contributed by atoms with E-state index in [1.165, 1.54) is 12.1 Å². The van der Waals surface area contributed by atoms with Gasteiger partial charge < -0.3 is 4.74 Å². The molecule has 0 unspecified atom stereocenters. The highest BCUT2D eigenvalue weighted by Crippen LogP contribution is 2.25. The first-order chi connectivity index (χ1) is 8.70. The molecule has 0 aliphatic rings. The number of hydrogen-bond acceptors (Lipinski definition) is 4. The zero-order chi connectivity index (χ0) is 14.6. The van der Waals surface area contributed by atoms with Crippen LogP contribution in [0.3, 0.4) is 0 Å². The van der Waals surface area contributed by atoms with Crippen LogP contribution in [0.15, 0.2) is 18.2 Å². The number of nitrogens with zero attached hydrogens (tertiary/aromatic N) is 1. The van der Waals surface area contributed by atoms with Gasteiger partial charge in [0, 0.05) is 14.1 Å². The Morgan fingerprint density at radius 3 is 2.58 bits per heavy atom. The lowest BCUT2D eigenvalue weighted by atomic mass is 10.2. The molecular formula is C12H16ClNO4Si. The Hall–Kier alpha value is -1.40. The van der Waals surface area contributed by atoms with Crippen molar-refractivity contribution >= 4 is 31.3 Å². The van der Waals surface area contributed by atoms with Gasteiger partial charge in [0.1, 0.15) is 5.02 Å². The molecule has 0 saturated carbocycles. The first-order valence-electron chi connectivity index (χ1n) is 5.82. The van der Waals surface area contributed by atoms with Crippen molar-refractivity contribution in [1.29, 1.82) is 0 Å². The highest BCUT2D eigenvalue weighted by Gasteiger charge is 2.18. The van der Waals surface area contributed by atoms with Crippen LogP contribution >= 0.6 is 11.6 Å². The molecule has 5 nitrogen and oxygen atoms in total. The third-order valence-electron chi connectivity index (χ3n) is 2.46. The van der Waals surface area contributed by atoms with Gasteiger partial charge in [-0.05, 0) is 18.2 Å². The topological polar surface area (TPSA) is 69.4 Å². The Labute approximate surface area is 117 Å². The lowest BCUT2D eigenvalue weighted by Gasteiger charge is -2.15. The summed E-state index contributed by atoms with van der Waals surface area (Å²) in [6.45, 7) is 6.86. The Balaban J connectivity index is 2.73. The molecule has 0 amide bonds. The van der Waals surface area contributed by atoms with Crippen molar-refractivity contribution in [3.8, 4) is 0 Å². The number of benzene rings is 1. The number of ether oxygens (including phenoxy) is 1. The first-order valence-corrected chi connectivity index (χ1v) is 9.90. The van der Waals surface area contributed by atoms with E-state index in [0.717, 1.165) is 12.1 Å². The van der Waals surface area contributed by atoms with Crippen LogP contribution < -0.4 is 0 Å². The summed E-state index contributed by atoms with van der Waals surface area (Å²) in [6, 6.07) is 4.74. The third-order valence-corrected chi connectivity index (χ3v) is 4.49. The van der Waals surface area contributed by atoms with Crippen molar-refractivity contribution in [2.75, 3.05) is 6.61 Å². The van der Waals surface area contributed by atoms with E-state index >= 15 is 0 Å². The minimum Gasteiger partial charge on any atom is -0.462 e. The SMILES string of the molecule is C[Si](C)(C)CCOC(=O)c1ccc(Cl)c([N+](=O)[O-])c1. The maximum atomic E-state index is 11.7. The molecule has 19 heavy (non-hydrogen) atoms. The Bertz CT molecular complexity index is 499. The number of halogens is 1.